The number of rotatable bonds is 6. The lowest BCUT2D eigenvalue weighted by atomic mass is 10.2. The van der Waals surface area contributed by atoms with Crippen LogP contribution in [0.2, 0.25) is 0 Å². The van der Waals surface area contributed by atoms with Gasteiger partial charge >= 0.3 is 0 Å². The molecule has 0 bridgehead atoms. The average Bonchev–Trinajstić information content (AvgIpc) is 2.29. The first-order chi connectivity index (χ1) is 8.10. The van der Waals surface area contributed by atoms with Gasteiger partial charge in [0, 0.05) is 6.61 Å². The largest absolute Gasteiger partial charge is 0.396 e. The quantitative estimate of drug-likeness (QED) is 0.837. The van der Waals surface area contributed by atoms with Gasteiger partial charge in [-0.2, -0.15) is 0 Å². The number of nitrogens with zero attached hydrogens (tertiary/aromatic N) is 2. The smallest absolute Gasteiger partial charge is 0.282 e. The highest BCUT2D eigenvalue weighted by Crippen LogP contribution is 2.26. The molecule has 6 heteroatoms. The molecular formula is C11H17F2N3O. The maximum atomic E-state index is 12.6. The highest BCUT2D eigenvalue weighted by atomic mass is 19.3. The molecule has 96 valence electrons. The summed E-state index contributed by atoms with van der Waals surface area (Å²) >= 11 is 0. The van der Waals surface area contributed by atoms with Gasteiger partial charge in [-0.05, 0) is 13.3 Å². The van der Waals surface area contributed by atoms with E-state index >= 15 is 0 Å². The molecule has 1 rings (SSSR count). The molecule has 1 aromatic rings. The second-order valence-electron chi connectivity index (χ2n) is 3.60. The SMILES string of the molecule is CCCC(OCC)c1ncc(N)c(C(F)F)n1. The van der Waals surface area contributed by atoms with Crippen molar-refractivity contribution in [2.45, 2.75) is 39.2 Å². The monoisotopic (exact) mass is 245 g/mol. The maximum absolute atomic E-state index is 12.6. The van der Waals surface area contributed by atoms with Gasteiger partial charge in [0.2, 0.25) is 0 Å². The van der Waals surface area contributed by atoms with Crippen LogP contribution in [0.25, 0.3) is 0 Å². The topological polar surface area (TPSA) is 61.0 Å². The molecule has 1 atom stereocenters. The fourth-order valence-electron chi connectivity index (χ4n) is 1.50. The lowest BCUT2D eigenvalue weighted by molar-refractivity contribution is 0.0484. The van der Waals surface area contributed by atoms with Gasteiger partial charge < -0.3 is 10.5 Å². The second-order valence-corrected chi connectivity index (χ2v) is 3.60. The Morgan fingerprint density at radius 1 is 1.41 bits per heavy atom. The van der Waals surface area contributed by atoms with Crippen molar-refractivity contribution in [3.63, 3.8) is 0 Å². The first-order valence-electron chi connectivity index (χ1n) is 5.62. The molecule has 0 amide bonds. The molecule has 1 aromatic heterocycles. The van der Waals surface area contributed by atoms with Crippen LogP contribution in [-0.2, 0) is 4.74 Å². The first kappa shape index (κ1) is 13.8. The summed E-state index contributed by atoms with van der Waals surface area (Å²) in [5, 5.41) is 0. The van der Waals surface area contributed by atoms with E-state index in [2.05, 4.69) is 9.97 Å². The average molecular weight is 245 g/mol. The Labute approximate surface area is 99.2 Å². The third kappa shape index (κ3) is 3.59. The minimum Gasteiger partial charge on any atom is -0.396 e. The molecule has 1 heterocycles. The third-order valence-electron chi connectivity index (χ3n) is 2.28. The minimum absolute atomic E-state index is 0.0875. The van der Waals surface area contributed by atoms with Crippen LogP contribution in [0.3, 0.4) is 0 Å². The van der Waals surface area contributed by atoms with Crippen LogP contribution in [0.5, 0.6) is 0 Å². The van der Waals surface area contributed by atoms with E-state index in [-0.39, 0.29) is 17.6 Å². The highest BCUT2D eigenvalue weighted by Gasteiger charge is 2.19. The van der Waals surface area contributed by atoms with Crippen LogP contribution in [0, 0.1) is 0 Å². The Morgan fingerprint density at radius 2 is 2.12 bits per heavy atom. The maximum Gasteiger partial charge on any atom is 0.282 e. The van der Waals surface area contributed by atoms with Gasteiger partial charge in [0.15, 0.2) is 5.82 Å². The number of anilines is 1. The summed E-state index contributed by atoms with van der Waals surface area (Å²) < 4.78 is 30.7. The molecule has 0 radical (unpaired) electrons. The number of ether oxygens (including phenoxy) is 1. The molecule has 0 saturated carbocycles. The van der Waals surface area contributed by atoms with Crippen LogP contribution in [0.1, 0.15) is 50.7 Å². The van der Waals surface area contributed by atoms with E-state index in [1.807, 2.05) is 13.8 Å². The normalized spacial score (nSPS) is 13.0. The minimum atomic E-state index is -2.69. The van der Waals surface area contributed by atoms with Gasteiger partial charge in [-0.1, -0.05) is 13.3 Å². The van der Waals surface area contributed by atoms with Gasteiger partial charge in [0.1, 0.15) is 11.8 Å². The van der Waals surface area contributed by atoms with Crippen LogP contribution >= 0.6 is 0 Å². The van der Waals surface area contributed by atoms with Gasteiger partial charge in [-0.15, -0.1) is 0 Å². The third-order valence-corrected chi connectivity index (χ3v) is 2.28. The highest BCUT2D eigenvalue weighted by molar-refractivity contribution is 5.41. The standard InChI is InChI=1S/C11H17F2N3O/c1-3-5-8(17-4-2)11-15-6-7(14)9(16-11)10(12)13/h6,8,10H,3-5,14H2,1-2H3. The summed E-state index contributed by atoms with van der Waals surface area (Å²) in [4.78, 5) is 7.76. The Hall–Kier alpha value is -1.30. The molecule has 2 N–H and O–H groups in total. The van der Waals surface area contributed by atoms with Gasteiger partial charge in [0.05, 0.1) is 11.9 Å². The van der Waals surface area contributed by atoms with E-state index in [0.717, 1.165) is 6.42 Å². The molecule has 0 aliphatic heterocycles. The van der Waals surface area contributed by atoms with Crippen molar-refractivity contribution in [1.82, 2.24) is 9.97 Å². The fourth-order valence-corrected chi connectivity index (χ4v) is 1.50. The lowest BCUT2D eigenvalue weighted by Gasteiger charge is -2.15. The van der Waals surface area contributed by atoms with Gasteiger partial charge in [-0.3, -0.25) is 0 Å². The summed E-state index contributed by atoms with van der Waals surface area (Å²) in [6.07, 6.45) is -0.266. The Balaban J connectivity index is 2.98. The van der Waals surface area contributed by atoms with E-state index in [1.165, 1.54) is 6.20 Å². The van der Waals surface area contributed by atoms with Crippen LogP contribution < -0.4 is 5.73 Å². The van der Waals surface area contributed by atoms with Crippen LogP contribution in [-0.4, -0.2) is 16.6 Å². The zero-order chi connectivity index (χ0) is 12.8. The van der Waals surface area contributed by atoms with E-state index in [9.17, 15) is 8.78 Å². The summed E-state index contributed by atoms with van der Waals surface area (Å²) in [5.74, 6) is 0.276. The Bertz CT molecular complexity index is 355. The second kappa shape index (κ2) is 6.44. The van der Waals surface area contributed by atoms with Crippen molar-refractivity contribution in [3.05, 3.63) is 17.7 Å². The Morgan fingerprint density at radius 3 is 2.65 bits per heavy atom. The number of hydrogen-bond acceptors (Lipinski definition) is 4. The number of alkyl halides is 2. The number of nitrogen functional groups attached to an aromatic ring is 1. The van der Waals surface area contributed by atoms with E-state index in [4.69, 9.17) is 10.5 Å². The summed E-state index contributed by atoms with van der Waals surface area (Å²) in [6.45, 7) is 4.31. The molecule has 0 aliphatic carbocycles. The molecule has 4 nitrogen and oxygen atoms in total. The number of hydrogen-bond donors (Lipinski definition) is 1. The van der Waals surface area contributed by atoms with Crippen molar-refractivity contribution >= 4 is 5.69 Å². The zero-order valence-corrected chi connectivity index (χ0v) is 9.99. The van der Waals surface area contributed by atoms with Gasteiger partial charge in [-0.25, -0.2) is 18.7 Å². The molecule has 1 unspecified atom stereocenters. The summed E-state index contributed by atoms with van der Waals surface area (Å²) in [6, 6.07) is 0. The van der Waals surface area contributed by atoms with Crippen LogP contribution in [0.4, 0.5) is 14.5 Å². The van der Waals surface area contributed by atoms with Crippen LogP contribution in [0.15, 0.2) is 6.20 Å². The summed E-state index contributed by atoms with van der Waals surface area (Å²) in [7, 11) is 0. The van der Waals surface area contributed by atoms with E-state index in [0.29, 0.717) is 13.0 Å². The predicted octanol–water partition coefficient (Wildman–Crippen LogP) is 2.87. The number of aromatic nitrogens is 2. The summed E-state index contributed by atoms with van der Waals surface area (Å²) in [5.41, 5.74) is 4.88. The van der Waals surface area contributed by atoms with E-state index in [1.54, 1.807) is 0 Å². The number of nitrogens with two attached hydrogens (primary N) is 1. The van der Waals surface area contributed by atoms with Crippen molar-refractivity contribution in [1.29, 1.82) is 0 Å². The molecule has 0 saturated heterocycles. The van der Waals surface area contributed by atoms with Crippen molar-refractivity contribution in [2.24, 2.45) is 0 Å². The first-order valence-corrected chi connectivity index (χ1v) is 5.62. The molecule has 0 aliphatic rings. The molecule has 0 fully saturated rings. The van der Waals surface area contributed by atoms with Gasteiger partial charge in [0.25, 0.3) is 6.43 Å². The van der Waals surface area contributed by atoms with Crippen molar-refractivity contribution in [2.75, 3.05) is 12.3 Å². The number of halogens is 2. The van der Waals surface area contributed by atoms with Crippen molar-refractivity contribution < 1.29 is 13.5 Å². The lowest BCUT2D eigenvalue weighted by Crippen LogP contribution is -2.11. The molecule has 0 spiro atoms. The van der Waals surface area contributed by atoms with Crippen molar-refractivity contribution in [3.8, 4) is 0 Å². The van der Waals surface area contributed by atoms with E-state index < -0.39 is 12.1 Å². The predicted molar refractivity (Wildman–Crippen MR) is 60.7 cm³/mol. The Kier molecular flexibility index (Phi) is 5.21. The molecular weight excluding hydrogens is 228 g/mol. The fraction of sp³-hybridized carbons (Fsp3) is 0.636. The zero-order valence-electron chi connectivity index (χ0n) is 9.99. The molecule has 17 heavy (non-hydrogen) atoms. The molecule has 0 aromatic carbocycles.